The quantitative estimate of drug-likeness (QED) is 0.373. The molecule has 6 heteroatoms. The minimum absolute atomic E-state index is 0. The molecule has 0 saturated heterocycles. The van der Waals surface area contributed by atoms with Gasteiger partial charge in [0.05, 0.1) is 12.4 Å². The summed E-state index contributed by atoms with van der Waals surface area (Å²) >= 11 is 0. The smallest absolute Gasteiger partial charge is 1.00 e. The van der Waals surface area contributed by atoms with Gasteiger partial charge >= 0.3 is 35.6 Å². The Bertz CT molecular complexity index is 188. The van der Waals surface area contributed by atoms with Crippen LogP contribution in [0.1, 0.15) is 1.43 Å². The Balaban J connectivity index is 0. The van der Waals surface area contributed by atoms with Gasteiger partial charge in [0.2, 0.25) is 0 Å². The van der Waals surface area contributed by atoms with E-state index >= 15 is 0 Å². The zero-order chi connectivity index (χ0) is 5.98. The standard InChI is InChI=1S/C3H4N4O.Na.H/c4-3(8)7-2-1-5-6-7;;/h1-2H,(H2,4,8);;/q;+1;-1. The fourth-order valence-corrected chi connectivity index (χ4v) is 0.326. The van der Waals surface area contributed by atoms with Gasteiger partial charge in [-0.15, -0.1) is 5.10 Å². The van der Waals surface area contributed by atoms with Crippen molar-refractivity contribution in [2.75, 3.05) is 0 Å². The molecule has 5 nitrogen and oxygen atoms in total. The van der Waals surface area contributed by atoms with Gasteiger partial charge in [0, 0.05) is 0 Å². The SMILES string of the molecule is NC(=O)n1ccnn1.[H-].[Na+]. The molecular formula is C3H5N4NaO. The molecular weight excluding hydrogens is 131 g/mol. The number of primary amides is 1. The van der Waals surface area contributed by atoms with Gasteiger partial charge in [-0.25, -0.2) is 4.79 Å². The van der Waals surface area contributed by atoms with E-state index in [1.807, 2.05) is 0 Å². The summed E-state index contributed by atoms with van der Waals surface area (Å²) in [5, 5.41) is 6.66. The van der Waals surface area contributed by atoms with Gasteiger partial charge in [-0.05, 0) is 0 Å². The molecule has 0 radical (unpaired) electrons. The average Bonchev–Trinajstić information content (AvgIpc) is 2.12. The van der Waals surface area contributed by atoms with E-state index in [9.17, 15) is 4.79 Å². The molecule has 1 heterocycles. The van der Waals surface area contributed by atoms with Gasteiger partial charge < -0.3 is 7.16 Å². The van der Waals surface area contributed by atoms with E-state index in [-0.39, 0.29) is 31.0 Å². The number of carbonyl (C=O) groups is 1. The monoisotopic (exact) mass is 136 g/mol. The van der Waals surface area contributed by atoms with Crippen molar-refractivity contribution in [1.29, 1.82) is 0 Å². The topological polar surface area (TPSA) is 73.8 Å². The average molecular weight is 136 g/mol. The van der Waals surface area contributed by atoms with Crippen molar-refractivity contribution in [3.63, 3.8) is 0 Å². The van der Waals surface area contributed by atoms with Gasteiger partial charge in [-0.3, -0.25) is 0 Å². The Morgan fingerprint density at radius 3 is 2.67 bits per heavy atom. The fourth-order valence-electron chi connectivity index (χ4n) is 0.326. The number of hydrogen-bond acceptors (Lipinski definition) is 3. The first-order chi connectivity index (χ1) is 3.80. The molecule has 0 saturated carbocycles. The molecule has 9 heavy (non-hydrogen) atoms. The summed E-state index contributed by atoms with van der Waals surface area (Å²) in [5.74, 6) is 0. The van der Waals surface area contributed by atoms with Crippen molar-refractivity contribution in [2.24, 2.45) is 5.73 Å². The van der Waals surface area contributed by atoms with Crippen LogP contribution in [0.15, 0.2) is 12.4 Å². The van der Waals surface area contributed by atoms with Crippen LogP contribution in [0.5, 0.6) is 0 Å². The molecule has 0 aliphatic heterocycles. The van der Waals surface area contributed by atoms with Gasteiger partial charge in [0.15, 0.2) is 0 Å². The zero-order valence-corrected chi connectivity index (χ0v) is 6.98. The predicted octanol–water partition coefficient (Wildman–Crippen LogP) is -3.68. The van der Waals surface area contributed by atoms with Gasteiger partial charge in [-0.1, -0.05) is 5.21 Å². The Morgan fingerprint density at radius 2 is 2.44 bits per heavy atom. The maximum absolute atomic E-state index is 10.1. The number of nitrogens with two attached hydrogens (primary N) is 1. The number of hydrogen-bond donors (Lipinski definition) is 1. The van der Waals surface area contributed by atoms with Crippen molar-refractivity contribution in [2.45, 2.75) is 0 Å². The van der Waals surface area contributed by atoms with E-state index < -0.39 is 6.03 Å². The molecule has 0 spiro atoms. The van der Waals surface area contributed by atoms with E-state index in [0.29, 0.717) is 0 Å². The minimum Gasteiger partial charge on any atom is -1.00 e. The first-order valence-electron chi connectivity index (χ1n) is 1.97. The third-order valence-corrected chi connectivity index (χ3v) is 0.648. The molecule has 1 rings (SSSR count). The Kier molecular flexibility index (Phi) is 3.44. The molecule has 1 amide bonds. The van der Waals surface area contributed by atoms with E-state index in [0.717, 1.165) is 4.68 Å². The van der Waals surface area contributed by atoms with Crippen molar-refractivity contribution in [1.82, 2.24) is 15.0 Å². The minimum atomic E-state index is -0.623. The second-order valence-electron chi connectivity index (χ2n) is 1.19. The largest absolute Gasteiger partial charge is 1.00 e. The second-order valence-corrected chi connectivity index (χ2v) is 1.19. The number of carbonyl (C=O) groups excluding carboxylic acids is 1. The fraction of sp³-hybridized carbons (Fsp3) is 0. The summed E-state index contributed by atoms with van der Waals surface area (Å²) < 4.78 is 0.944. The molecule has 0 fully saturated rings. The maximum Gasteiger partial charge on any atom is 1.00 e. The number of rotatable bonds is 0. The summed E-state index contributed by atoms with van der Waals surface area (Å²) in [5.41, 5.74) is 4.78. The van der Waals surface area contributed by atoms with Crippen LogP contribution in [0.3, 0.4) is 0 Å². The molecule has 1 aromatic heterocycles. The molecule has 0 aliphatic carbocycles. The van der Waals surface area contributed by atoms with Crippen LogP contribution in [0, 0.1) is 0 Å². The zero-order valence-electron chi connectivity index (χ0n) is 5.98. The molecule has 0 bridgehead atoms. The summed E-state index contributed by atoms with van der Waals surface area (Å²) in [6.45, 7) is 0. The van der Waals surface area contributed by atoms with Crippen LogP contribution in [0.2, 0.25) is 0 Å². The molecule has 1 aromatic rings. The number of nitrogens with zero attached hydrogens (tertiary/aromatic N) is 3. The van der Waals surface area contributed by atoms with E-state index in [4.69, 9.17) is 5.73 Å². The molecule has 0 unspecified atom stereocenters. The molecule has 0 aromatic carbocycles. The summed E-state index contributed by atoms with van der Waals surface area (Å²) in [6, 6.07) is -0.623. The van der Waals surface area contributed by atoms with Crippen molar-refractivity contribution < 1.29 is 35.8 Å². The molecule has 0 aliphatic rings. The van der Waals surface area contributed by atoms with E-state index in [1.54, 1.807) is 0 Å². The van der Waals surface area contributed by atoms with Gasteiger partial charge in [0.25, 0.3) is 0 Å². The van der Waals surface area contributed by atoms with Crippen LogP contribution in [0.25, 0.3) is 0 Å². The summed E-state index contributed by atoms with van der Waals surface area (Å²) in [4.78, 5) is 10.1. The Morgan fingerprint density at radius 1 is 1.78 bits per heavy atom. The molecule has 0 atom stereocenters. The van der Waals surface area contributed by atoms with Crippen molar-refractivity contribution in [3.05, 3.63) is 12.4 Å². The predicted molar refractivity (Wildman–Crippen MR) is 26.1 cm³/mol. The summed E-state index contributed by atoms with van der Waals surface area (Å²) in [6.07, 6.45) is 2.76. The van der Waals surface area contributed by atoms with E-state index in [1.165, 1.54) is 12.4 Å². The first-order valence-corrected chi connectivity index (χ1v) is 1.97. The number of aromatic nitrogens is 3. The van der Waals surface area contributed by atoms with Crippen LogP contribution in [-0.4, -0.2) is 21.0 Å². The van der Waals surface area contributed by atoms with Crippen LogP contribution >= 0.6 is 0 Å². The Labute approximate surface area is 75.0 Å². The maximum atomic E-state index is 10.1. The summed E-state index contributed by atoms with van der Waals surface area (Å²) in [7, 11) is 0. The number of amides is 1. The molecule has 2 N–H and O–H groups in total. The first kappa shape index (κ1) is 8.61. The van der Waals surface area contributed by atoms with Crippen LogP contribution < -0.4 is 35.3 Å². The second kappa shape index (κ2) is 3.60. The van der Waals surface area contributed by atoms with Crippen LogP contribution in [0.4, 0.5) is 4.79 Å². The van der Waals surface area contributed by atoms with Crippen molar-refractivity contribution >= 4 is 6.03 Å². The normalized spacial score (nSPS) is 8.00. The third kappa shape index (κ3) is 2.13. The van der Waals surface area contributed by atoms with Gasteiger partial charge in [0.1, 0.15) is 0 Å². The Hall–Kier alpha value is -0.390. The van der Waals surface area contributed by atoms with Gasteiger partial charge in [-0.2, -0.15) is 4.68 Å². The van der Waals surface area contributed by atoms with E-state index in [2.05, 4.69) is 10.3 Å². The van der Waals surface area contributed by atoms with Crippen molar-refractivity contribution in [3.8, 4) is 0 Å². The third-order valence-electron chi connectivity index (χ3n) is 0.648. The molecule has 44 valence electrons. The van der Waals surface area contributed by atoms with Crippen LogP contribution in [-0.2, 0) is 0 Å².